The third-order valence-electron chi connectivity index (χ3n) is 2.79. The van der Waals surface area contributed by atoms with Crippen LogP contribution in [0.15, 0.2) is 30.3 Å². The minimum Gasteiger partial charge on any atom is -0.347 e. The lowest BCUT2D eigenvalue weighted by Gasteiger charge is -2.21. The van der Waals surface area contributed by atoms with Crippen LogP contribution < -0.4 is 21.1 Å². The van der Waals surface area contributed by atoms with E-state index in [1.807, 2.05) is 20.8 Å². The van der Waals surface area contributed by atoms with Gasteiger partial charge in [0.05, 0.1) is 7.05 Å². The highest BCUT2D eigenvalue weighted by atomic mass is 16.2. The van der Waals surface area contributed by atoms with Crippen molar-refractivity contribution in [3.8, 4) is 0 Å². The number of hydrogen-bond donors (Lipinski definition) is 4. The van der Waals surface area contributed by atoms with E-state index in [9.17, 15) is 14.4 Å². The number of quaternary nitrogens is 1. The molecule has 0 aromatic heterocycles. The Bertz CT molecular complexity index is 552. The van der Waals surface area contributed by atoms with E-state index < -0.39 is 0 Å². The fourth-order valence-corrected chi connectivity index (χ4v) is 1.91. The van der Waals surface area contributed by atoms with Crippen molar-refractivity contribution in [2.24, 2.45) is 0 Å². The van der Waals surface area contributed by atoms with Gasteiger partial charge in [-0.3, -0.25) is 25.2 Å². The van der Waals surface area contributed by atoms with Gasteiger partial charge in [-0.1, -0.05) is 18.2 Å². The highest BCUT2D eigenvalue weighted by Gasteiger charge is 2.19. The first-order valence-corrected chi connectivity index (χ1v) is 7.44. The van der Waals surface area contributed by atoms with E-state index in [0.717, 1.165) is 4.90 Å². The number of nitrogens with one attached hydrogen (secondary N) is 4. The summed E-state index contributed by atoms with van der Waals surface area (Å²) in [5, 5.41) is 2.83. The van der Waals surface area contributed by atoms with Crippen LogP contribution >= 0.6 is 0 Å². The van der Waals surface area contributed by atoms with E-state index in [0.29, 0.717) is 5.56 Å². The lowest BCUT2D eigenvalue weighted by Crippen LogP contribution is -3.11. The molecule has 1 rings (SSSR count). The third-order valence-corrected chi connectivity index (χ3v) is 2.79. The fraction of sp³-hybridized carbons (Fsp3) is 0.438. The zero-order chi connectivity index (χ0) is 17.5. The normalized spacial score (nSPS) is 12.2. The second-order valence-electron chi connectivity index (χ2n) is 6.48. The molecule has 23 heavy (non-hydrogen) atoms. The van der Waals surface area contributed by atoms with E-state index in [1.165, 1.54) is 0 Å². The molecule has 1 atom stereocenters. The van der Waals surface area contributed by atoms with Crippen LogP contribution in [0.1, 0.15) is 31.1 Å². The summed E-state index contributed by atoms with van der Waals surface area (Å²) in [6.07, 6.45) is 0. The Labute approximate surface area is 136 Å². The van der Waals surface area contributed by atoms with Crippen LogP contribution in [-0.2, 0) is 9.59 Å². The first-order valence-electron chi connectivity index (χ1n) is 7.44. The molecule has 0 fully saturated rings. The zero-order valence-electron chi connectivity index (χ0n) is 14.0. The fourth-order valence-electron chi connectivity index (χ4n) is 1.91. The van der Waals surface area contributed by atoms with Crippen molar-refractivity contribution in [1.29, 1.82) is 0 Å². The summed E-state index contributed by atoms with van der Waals surface area (Å²) in [5.74, 6) is -0.881. The van der Waals surface area contributed by atoms with E-state index >= 15 is 0 Å². The molecule has 0 bridgehead atoms. The van der Waals surface area contributed by atoms with Crippen LogP contribution in [0.4, 0.5) is 0 Å². The molecule has 0 aliphatic heterocycles. The van der Waals surface area contributed by atoms with E-state index in [4.69, 9.17) is 0 Å². The number of hydrogen-bond acceptors (Lipinski definition) is 3. The van der Waals surface area contributed by atoms with Crippen molar-refractivity contribution in [3.05, 3.63) is 35.9 Å². The van der Waals surface area contributed by atoms with Crippen LogP contribution in [0.25, 0.3) is 0 Å². The molecule has 4 N–H and O–H groups in total. The number of amides is 3. The van der Waals surface area contributed by atoms with E-state index in [1.54, 1.807) is 37.4 Å². The number of hydrazine groups is 1. The van der Waals surface area contributed by atoms with Gasteiger partial charge in [-0.2, -0.15) is 0 Å². The minimum absolute atomic E-state index is 0.0760. The van der Waals surface area contributed by atoms with Gasteiger partial charge >= 0.3 is 0 Å². The predicted octanol–water partition coefficient (Wildman–Crippen LogP) is -1.12. The number of benzene rings is 1. The van der Waals surface area contributed by atoms with Crippen LogP contribution in [0.5, 0.6) is 0 Å². The first-order chi connectivity index (χ1) is 10.7. The third kappa shape index (κ3) is 7.96. The van der Waals surface area contributed by atoms with Crippen molar-refractivity contribution in [3.63, 3.8) is 0 Å². The summed E-state index contributed by atoms with van der Waals surface area (Å²) in [6, 6.07) is 8.58. The smallest absolute Gasteiger partial charge is 0.293 e. The molecular weight excluding hydrogens is 296 g/mol. The number of carbonyl (C=O) groups is 3. The Kier molecular flexibility index (Phi) is 6.71. The Morgan fingerprint density at radius 3 is 2.09 bits per heavy atom. The molecule has 0 saturated heterocycles. The molecule has 0 saturated carbocycles. The van der Waals surface area contributed by atoms with Gasteiger partial charge in [0.15, 0.2) is 13.1 Å². The van der Waals surface area contributed by atoms with Crippen LogP contribution in [-0.4, -0.2) is 43.4 Å². The molecule has 7 heteroatoms. The Hall–Kier alpha value is -2.41. The maximum absolute atomic E-state index is 11.8. The standard InChI is InChI=1S/C16H24N4O3/c1-16(2,3)17-13(21)10-20(4)11-14(22)18-19-15(23)12-8-6-5-7-9-12/h5-9H,10-11H2,1-4H3,(H,17,21)(H,18,22)(H,19,23)/p+1. The molecule has 7 nitrogen and oxygen atoms in total. The zero-order valence-corrected chi connectivity index (χ0v) is 14.0. The van der Waals surface area contributed by atoms with Crippen molar-refractivity contribution >= 4 is 17.7 Å². The highest BCUT2D eigenvalue weighted by Crippen LogP contribution is 1.97. The summed E-state index contributed by atoms with van der Waals surface area (Å²) in [6.45, 7) is 5.94. The average molecular weight is 321 g/mol. The van der Waals surface area contributed by atoms with E-state index in [-0.39, 0.29) is 36.3 Å². The molecule has 3 amide bonds. The second-order valence-corrected chi connectivity index (χ2v) is 6.48. The molecule has 0 heterocycles. The lowest BCUT2D eigenvalue weighted by atomic mass is 10.1. The van der Waals surface area contributed by atoms with Gasteiger partial charge in [-0.05, 0) is 32.9 Å². The van der Waals surface area contributed by atoms with Gasteiger partial charge in [0.1, 0.15) is 0 Å². The first kappa shape index (κ1) is 18.6. The quantitative estimate of drug-likeness (QED) is 0.518. The Morgan fingerprint density at radius 1 is 0.957 bits per heavy atom. The molecule has 1 aromatic rings. The van der Waals surface area contributed by atoms with Gasteiger partial charge in [-0.15, -0.1) is 0 Å². The molecule has 0 radical (unpaired) electrons. The minimum atomic E-state index is -0.387. The predicted molar refractivity (Wildman–Crippen MR) is 86.6 cm³/mol. The topological polar surface area (TPSA) is 91.7 Å². The summed E-state index contributed by atoms with van der Waals surface area (Å²) in [5.41, 5.74) is 4.84. The average Bonchev–Trinajstić information content (AvgIpc) is 2.43. The molecule has 0 aliphatic carbocycles. The monoisotopic (exact) mass is 321 g/mol. The number of likely N-dealkylation sites (N-methyl/N-ethyl adjacent to an activating group) is 1. The van der Waals surface area contributed by atoms with Crippen molar-refractivity contribution in [2.75, 3.05) is 20.1 Å². The molecule has 126 valence electrons. The van der Waals surface area contributed by atoms with E-state index in [2.05, 4.69) is 16.2 Å². The van der Waals surface area contributed by atoms with Crippen molar-refractivity contribution in [1.82, 2.24) is 16.2 Å². The van der Waals surface area contributed by atoms with Gasteiger partial charge in [0.25, 0.3) is 17.7 Å². The summed E-state index contributed by atoms with van der Waals surface area (Å²) >= 11 is 0. The van der Waals surface area contributed by atoms with Gasteiger partial charge in [0.2, 0.25) is 0 Å². The van der Waals surface area contributed by atoms with Crippen LogP contribution in [0, 0.1) is 0 Å². The van der Waals surface area contributed by atoms with Crippen LogP contribution in [0.2, 0.25) is 0 Å². The maximum Gasteiger partial charge on any atom is 0.293 e. The summed E-state index contributed by atoms with van der Waals surface area (Å²) in [4.78, 5) is 36.0. The Morgan fingerprint density at radius 2 is 1.52 bits per heavy atom. The molecule has 1 unspecified atom stereocenters. The second kappa shape index (κ2) is 8.28. The van der Waals surface area contributed by atoms with Crippen molar-refractivity contribution < 1.29 is 19.3 Å². The van der Waals surface area contributed by atoms with Crippen LogP contribution in [0.3, 0.4) is 0 Å². The van der Waals surface area contributed by atoms with Gasteiger partial charge in [0, 0.05) is 11.1 Å². The van der Waals surface area contributed by atoms with Gasteiger partial charge < -0.3 is 10.2 Å². The molecular formula is C16H25N4O3+. The lowest BCUT2D eigenvalue weighted by molar-refractivity contribution is -0.862. The Balaban J connectivity index is 2.33. The van der Waals surface area contributed by atoms with Crippen molar-refractivity contribution in [2.45, 2.75) is 26.3 Å². The highest BCUT2D eigenvalue weighted by molar-refractivity contribution is 5.95. The summed E-state index contributed by atoms with van der Waals surface area (Å²) in [7, 11) is 1.74. The molecule has 0 spiro atoms. The molecule has 1 aromatic carbocycles. The summed E-state index contributed by atoms with van der Waals surface area (Å²) < 4.78 is 0. The number of carbonyl (C=O) groups excluding carboxylic acids is 3. The number of rotatable bonds is 5. The van der Waals surface area contributed by atoms with Gasteiger partial charge in [-0.25, -0.2) is 0 Å². The largest absolute Gasteiger partial charge is 0.347 e. The maximum atomic E-state index is 11.8. The molecule has 0 aliphatic rings. The SMILES string of the molecule is C[NH+](CC(=O)NNC(=O)c1ccccc1)CC(=O)NC(C)(C)C.